The third-order valence-electron chi connectivity index (χ3n) is 5.03. The summed E-state index contributed by atoms with van der Waals surface area (Å²) in [6, 6.07) is 14.1. The van der Waals surface area contributed by atoms with Crippen molar-refractivity contribution in [1.82, 2.24) is 19.8 Å². The van der Waals surface area contributed by atoms with Crippen molar-refractivity contribution in [3.05, 3.63) is 65.5 Å². The molecule has 1 amide bonds. The van der Waals surface area contributed by atoms with Gasteiger partial charge in [-0.2, -0.15) is 9.29 Å². The minimum atomic E-state index is -3.61. The van der Waals surface area contributed by atoms with Gasteiger partial charge in [-0.25, -0.2) is 8.42 Å². The molecule has 0 radical (unpaired) electrons. The summed E-state index contributed by atoms with van der Waals surface area (Å²) >= 11 is 0. The predicted octanol–water partition coefficient (Wildman–Crippen LogP) is 2.76. The fraction of sp³-hybridized carbons (Fsp3) is 0.286. The summed E-state index contributed by atoms with van der Waals surface area (Å²) in [6.45, 7) is 2.80. The number of hydrogen-bond donors (Lipinski definition) is 1. The van der Waals surface area contributed by atoms with Crippen molar-refractivity contribution in [2.24, 2.45) is 0 Å². The fourth-order valence-corrected chi connectivity index (χ4v) is 5.14. The molecule has 0 saturated carbocycles. The summed E-state index contributed by atoms with van der Waals surface area (Å²) in [5.41, 5.74) is 1.69. The Morgan fingerprint density at radius 3 is 2.60 bits per heavy atom. The van der Waals surface area contributed by atoms with E-state index in [-0.39, 0.29) is 22.9 Å². The minimum Gasteiger partial charge on any atom is -0.343 e. The first kappa shape index (κ1) is 20.2. The Balaban J connectivity index is 1.47. The van der Waals surface area contributed by atoms with E-state index in [9.17, 15) is 13.2 Å². The summed E-state index contributed by atoms with van der Waals surface area (Å²) in [5, 5.41) is 6.62. The number of sulfonamides is 1. The predicted molar refractivity (Wildman–Crippen MR) is 110 cm³/mol. The zero-order valence-electron chi connectivity index (χ0n) is 16.5. The highest BCUT2D eigenvalue weighted by Gasteiger charge is 2.29. The average Bonchev–Trinajstić information content (AvgIpc) is 3.45. The number of aromatic nitrogens is 2. The molecule has 1 aromatic heterocycles. The van der Waals surface area contributed by atoms with Crippen LogP contribution < -0.4 is 5.32 Å². The van der Waals surface area contributed by atoms with Crippen molar-refractivity contribution in [1.29, 1.82) is 0 Å². The molecule has 0 spiro atoms. The van der Waals surface area contributed by atoms with Gasteiger partial charge in [-0.3, -0.25) is 4.79 Å². The molecular weight excluding hydrogens is 404 g/mol. The highest BCUT2D eigenvalue weighted by atomic mass is 32.2. The lowest BCUT2D eigenvalue weighted by Crippen LogP contribution is -2.29. The van der Waals surface area contributed by atoms with E-state index in [0.717, 1.165) is 18.4 Å². The molecular formula is C21H22N4O4S. The molecule has 1 fully saturated rings. The van der Waals surface area contributed by atoms with Crippen LogP contribution in [0.3, 0.4) is 0 Å². The molecule has 1 aliphatic heterocycles. The third-order valence-corrected chi connectivity index (χ3v) is 7.07. The second-order valence-corrected chi connectivity index (χ2v) is 9.06. The van der Waals surface area contributed by atoms with Crippen LogP contribution in [-0.2, 0) is 16.6 Å². The molecule has 0 unspecified atom stereocenters. The number of nitrogens with zero attached hydrogens (tertiary/aromatic N) is 3. The van der Waals surface area contributed by atoms with E-state index in [1.165, 1.54) is 10.4 Å². The Labute approximate surface area is 175 Å². The van der Waals surface area contributed by atoms with Crippen LogP contribution in [-0.4, -0.2) is 41.9 Å². The Morgan fingerprint density at radius 1 is 1.13 bits per heavy atom. The number of carbonyl (C=O) groups is 1. The van der Waals surface area contributed by atoms with Gasteiger partial charge in [-0.05, 0) is 37.5 Å². The molecule has 2 heterocycles. The molecule has 0 bridgehead atoms. The van der Waals surface area contributed by atoms with Crippen LogP contribution >= 0.6 is 0 Å². The molecule has 4 rings (SSSR count). The summed E-state index contributed by atoms with van der Waals surface area (Å²) in [5.74, 6) is 0.292. The lowest BCUT2D eigenvalue weighted by atomic mass is 10.1. The SMILES string of the molecule is Cc1ccc(C(=O)NCc2nc(-c3ccccc3)no2)cc1S(=O)(=O)N1CCCC1. The van der Waals surface area contributed by atoms with E-state index in [1.54, 1.807) is 19.1 Å². The number of carbonyl (C=O) groups excluding carboxylic acids is 1. The number of hydrogen-bond acceptors (Lipinski definition) is 6. The van der Waals surface area contributed by atoms with Crippen molar-refractivity contribution in [2.45, 2.75) is 31.2 Å². The second-order valence-electron chi connectivity index (χ2n) is 7.15. The molecule has 1 aliphatic rings. The smallest absolute Gasteiger partial charge is 0.251 e. The molecule has 0 atom stereocenters. The fourth-order valence-electron chi connectivity index (χ4n) is 3.38. The van der Waals surface area contributed by atoms with Crippen LogP contribution in [0.2, 0.25) is 0 Å². The number of benzene rings is 2. The van der Waals surface area contributed by atoms with Crippen LogP contribution in [0.1, 0.15) is 34.7 Å². The van der Waals surface area contributed by atoms with Crippen molar-refractivity contribution < 1.29 is 17.7 Å². The Bertz CT molecular complexity index is 1150. The molecule has 2 aromatic carbocycles. The largest absolute Gasteiger partial charge is 0.343 e. The minimum absolute atomic E-state index is 0.0424. The van der Waals surface area contributed by atoms with Gasteiger partial charge in [0.25, 0.3) is 5.91 Å². The Morgan fingerprint density at radius 2 is 1.87 bits per heavy atom. The zero-order chi connectivity index (χ0) is 21.1. The van der Waals surface area contributed by atoms with Gasteiger partial charge in [0.15, 0.2) is 0 Å². The summed E-state index contributed by atoms with van der Waals surface area (Å²) in [6.07, 6.45) is 1.71. The van der Waals surface area contributed by atoms with Gasteiger partial charge in [-0.1, -0.05) is 41.6 Å². The normalized spacial score (nSPS) is 14.7. The summed E-state index contributed by atoms with van der Waals surface area (Å²) in [7, 11) is -3.61. The molecule has 1 saturated heterocycles. The highest BCUT2D eigenvalue weighted by molar-refractivity contribution is 7.89. The van der Waals surface area contributed by atoms with Crippen LogP contribution in [0, 0.1) is 6.92 Å². The van der Waals surface area contributed by atoms with E-state index in [0.29, 0.717) is 24.5 Å². The Kier molecular flexibility index (Phi) is 5.65. The van der Waals surface area contributed by atoms with Gasteiger partial charge in [0.2, 0.25) is 21.7 Å². The van der Waals surface area contributed by atoms with Gasteiger partial charge in [0.1, 0.15) is 0 Å². The van der Waals surface area contributed by atoms with Crippen molar-refractivity contribution in [2.75, 3.05) is 13.1 Å². The Hall–Kier alpha value is -3.04. The van der Waals surface area contributed by atoms with Gasteiger partial charge >= 0.3 is 0 Å². The molecule has 1 N–H and O–H groups in total. The topological polar surface area (TPSA) is 105 Å². The number of nitrogens with one attached hydrogen (secondary N) is 1. The second kappa shape index (κ2) is 8.37. The van der Waals surface area contributed by atoms with Crippen LogP contribution in [0.25, 0.3) is 11.4 Å². The van der Waals surface area contributed by atoms with E-state index in [1.807, 2.05) is 30.3 Å². The average molecular weight is 426 g/mol. The van der Waals surface area contributed by atoms with Gasteiger partial charge < -0.3 is 9.84 Å². The monoisotopic (exact) mass is 426 g/mol. The van der Waals surface area contributed by atoms with Crippen molar-refractivity contribution >= 4 is 15.9 Å². The molecule has 3 aromatic rings. The standard InChI is InChI=1S/C21H22N4O4S/c1-15-9-10-17(13-18(15)30(27,28)25-11-5-6-12-25)21(26)22-14-19-23-20(24-29-19)16-7-3-2-4-8-16/h2-4,7-10,13H,5-6,11-12,14H2,1H3,(H,22,26). The van der Waals surface area contributed by atoms with Crippen LogP contribution in [0.5, 0.6) is 0 Å². The maximum atomic E-state index is 12.9. The first-order valence-corrected chi connectivity index (χ1v) is 11.2. The molecule has 156 valence electrons. The molecule has 30 heavy (non-hydrogen) atoms. The van der Waals surface area contributed by atoms with E-state index < -0.39 is 15.9 Å². The first-order valence-electron chi connectivity index (χ1n) is 9.72. The molecule has 0 aliphatic carbocycles. The van der Waals surface area contributed by atoms with Crippen molar-refractivity contribution in [3.63, 3.8) is 0 Å². The van der Waals surface area contributed by atoms with Crippen LogP contribution in [0.4, 0.5) is 0 Å². The quantitative estimate of drug-likeness (QED) is 0.650. The lowest BCUT2D eigenvalue weighted by molar-refractivity contribution is 0.0946. The zero-order valence-corrected chi connectivity index (χ0v) is 17.4. The third kappa shape index (κ3) is 4.12. The number of aryl methyl sites for hydroxylation is 1. The van der Waals surface area contributed by atoms with E-state index in [4.69, 9.17) is 4.52 Å². The van der Waals surface area contributed by atoms with Crippen LogP contribution in [0.15, 0.2) is 57.9 Å². The number of amides is 1. The van der Waals surface area contributed by atoms with Gasteiger partial charge in [-0.15, -0.1) is 0 Å². The highest BCUT2D eigenvalue weighted by Crippen LogP contribution is 2.24. The van der Waals surface area contributed by atoms with Crippen molar-refractivity contribution in [3.8, 4) is 11.4 Å². The van der Waals surface area contributed by atoms with Gasteiger partial charge in [0, 0.05) is 24.2 Å². The maximum absolute atomic E-state index is 12.9. The maximum Gasteiger partial charge on any atom is 0.251 e. The summed E-state index contributed by atoms with van der Waals surface area (Å²) in [4.78, 5) is 17.0. The first-order chi connectivity index (χ1) is 14.4. The van der Waals surface area contributed by atoms with E-state index >= 15 is 0 Å². The lowest BCUT2D eigenvalue weighted by Gasteiger charge is -2.17. The summed E-state index contributed by atoms with van der Waals surface area (Å²) < 4.78 is 32.5. The van der Waals surface area contributed by atoms with E-state index in [2.05, 4.69) is 15.5 Å². The molecule has 9 heteroatoms. The number of rotatable bonds is 6. The molecule has 8 nitrogen and oxygen atoms in total. The van der Waals surface area contributed by atoms with Gasteiger partial charge in [0.05, 0.1) is 11.4 Å².